The van der Waals surface area contributed by atoms with Crippen LogP contribution in [0.15, 0.2) is 12.1 Å². The summed E-state index contributed by atoms with van der Waals surface area (Å²) in [6.07, 6.45) is 2.89. The van der Waals surface area contributed by atoms with Crippen LogP contribution in [0.2, 0.25) is 0 Å². The van der Waals surface area contributed by atoms with Crippen molar-refractivity contribution in [2.75, 3.05) is 40.1 Å². The van der Waals surface area contributed by atoms with Crippen LogP contribution in [0.3, 0.4) is 0 Å². The third-order valence-electron chi connectivity index (χ3n) is 4.44. The van der Waals surface area contributed by atoms with Gasteiger partial charge >= 0.3 is 0 Å². The number of benzene rings is 1. The lowest BCUT2D eigenvalue weighted by Crippen LogP contribution is -2.43. The van der Waals surface area contributed by atoms with Crippen molar-refractivity contribution >= 4 is 15.9 Å². The van der Waals surface area contributed by atoms with E-state index < -0.39 is 10.0 Å². The minimum Gasteiger partial charge on any atom is -0.496 e. The maximum atomic E-state index is 12.9. The molecule has 0 radical (unpaired) electrons. The fourth-order valence-electron chi connectivity index (χ4n) is 3.08. The Balaban J connectivity index is 2.14. The number of ether oxygens (including phenoxy) is 2. The minimum absolute atomic E-state index is 0.0966. The van der Waals surface area contributed by atoms with Gasteiger partial charge in [0.05, 0.1) is 20.5 Å². The van der Waals surface area contributed by atoms with E-state index in [0.29, 0.717) is 36.7 Å². The van der Waals surface area contributed by atoms with Crippen LogP contribution in [-0.2, 0) is 10.0 Å². The van der Waals surface area contributed by atoms with Gasteiger partial charge in [0, 0.05) is 30.8 Å². The molecule has 0 aliphatic carbocycles. The van der Waals surface area contributed by atoms with Gasteiger partial charge < -0.3 is 14.4 Å². The molecule has 0 spiro atoms. The minimum atomic E-state index is -3.22. The molecule has 1 N–H and O–H groups in total. The van der Waals surface area contributed by atoms with E-state index in [-0.39, 0.29) is 11.8 Å². The Morgan fingerprint density at radius 3 is 2.40 bits per heavy atom. The fraction of sp³-hybridized carbons (Fsp3) is 0.588. The quantitative estimate of drug-likeness (QED) is 0.818. The van der Waals surface area contributed by atoms with E-state index >= 15 is 0 Å². The molecule has 1 aromatic carbocycles. The zero-order valence-electron chi connectivity index (χ0n) is 15.2. The first kappa shape index (κ1) is 19.5. The van der Waals surface area contributed by atoms with Crippen molar-refractivity contribution in [2.45, 2.75) is 19.8 Å². The van der Waals surface area contributed by atoms with Gasteiger partial charge in [-0.3, -0.25) is 4.79 Å². The molecule has 8 heteroatoms. The summed E-state index contributed by atoms with van der Waals surface area (Å²) in [5, 5.41) is 0. The lowest BCUT2D eigenvalue weighted by molar-refractivity contribution is 0.0675. The molecule has 0 aromatic heterocycles. The summed E-state index contributed by atoms with van der Waals surface area (Å²) in [5.74, 6) is 1.23. The smallest absolute Gasteiger partial charge is 0.254 e. The van der Waals surface area contributed by atoms with Gasteiger partial charge in [-0.25, -0.2) is 13.1 Å². The Morgan fingerprint density at radius 1 is 1.28 bits per heavy atom. The van der Waals surface area contributed by atoms with Crippen LogP contribution < -0.4 is 14.2 Å². The summed E-state index contributed by atoms with van der Waals surface area (Å²) in [6.45, 7) is 3.41. The van der Waals surface area contributed by atoms with Crippen LogP contribution in [0.1, 0.15) is 28.8 Å². The van der Waals surface area contributed by atoms with Gasteiger partial charge in [0.25, 0.3) is 5.91 Å². The highest BCUT2D eigenvalue weighted by molar-refractivity contribution is 7.88. The average molecular weight is 370 g/mol. The Morgan fingerprint density at radius 2 is 1.88 bits per heavy atom. The lowest BCUT2D eigenvalue weighted by Gasteiger charge is -2.33. The molecule has 25 heavy (non-hydrogen) atoms. The Kier molecular flexibility index (Phi) is 6.29. The molecule has 1 fully saturated rings. The van der Waals surface area contributed by atoms with Gasteiger partial charge in [0.15, 0.2) is 0 Å². The van der Waals surface area contributed by atoms with Crippen LogP contribution >= 0.6 is 0 Å². The lowest BCUT2D eigenvalue weighted by atomic mass is 9.97. The van der Waals surface area contributed by atoms with Gasteiger partial charge in [-0.1, -0.05) is 0 Å². The molecule has 1 aromatic rings. The number of hydrogen-bond acceptors (Lipinski definition) is 5. The molecule has 7 nitrogen and oxygen atoms in total. The first-order chi connectivity index (χ1) is 11.7. The van der Waals surface area contributed by atoms with Gasteiger partial charge in [-0.15, -0.1) is 0 Å². The van der Waals surface area contributed by atoms with Crippen molar-refractivity contribution in [3.63, 3.8) is 0 Å². The zero-order valence-corrected chi connectivity index (χ0v) is 16.0. The molecule has 140 valence electrons. The second kappa shape index (κ2) is 8.05. The number of piperidine rings is 1. The molecule has 0 saturated carbocycles. The van der Waals surface area contributed by atoms with Crippen molar-refractivity contribution in [1.29, 1.82) is 0 Å². The van der Waals surface area contributed by atoms with Crippen molar-refractivity contribution in [3.05, 3.63) is 23.3 Å². The molecule has 1 heterocycles. The van der Waals surface area contributed by atoms with Crippen LogP contribution in [0.4, 0.5) is 0 Å². The van der Waals surface area contributed by atoms with Crippen molar-refractivity contribution in [2.24, 2.45) is 5.92 Å². The molecular weight excluding hydrogens is 344 g/mol. The third kappa shape index (κ3) is 5.09. The predicted octanol–water partition coefficient (Wildman–Crippen LogP) is 1.41. The highest BCUT2D eigenvalue weighted by Crippen LogP contribution is 2.30. The predicted molar refractivity (Wildman–Crippen MR) is 95.8 cm³/mol. The van der Waals surface area contributed by atoms with Crippen LogP contribution in [0.5, 0.6) is 11.5 Å². The summed E-state index contributed by atoms with van der Waals surface area (Å²) >= 11 is 0. The Hall–Kier alpha value is -1.80. The fourth-order valence-corrected chi connectivity index (χ4v) is 3.62. The van der Waals surface area contributed by atoms with E-state index in [1.807, 2.05) is 6.92 Å². The first-order valence-electron chi connectivity index (χ1n) is 8.21. The zero-order chi connectivity index (χ0) is 18.6. The topological polar surface area (TPSA) is 84.9 Å². The monoisotopic (exact) mass is 370 g/mol. The van der Waals surface area contributed by atoms with E-state index in [1.165, 1.54) is 0 Å². The number of sulfonamides is 1. The molecule has 0 bridgehead atoms. The summed E-state index contributed by atoms with van der Waals surface area (Å²) < 4.78 is 35.7. The number of hydrogen-bond donors (Lipinski definition) is 1. The Labute approximate surface area is 149 Å². The maximum Gasteiger partial charge on any atom is 0.254 e. The number of rotatable bonds is 6. The van der Waals surface area contributed by atoms with Crippen molar-refractivity contribution in [1.82, 2.24) is 9.62 Å². The van der Waals surface area contributed by atoms with E-state index in [1.54, 1.807) is 31.3 Å². The van der Waals surface area contributed by atoms with E-state index in [0.717, 1.165) is 24.7 Å². The maximum absolute atomic E-state index is 12.9. The number of methoxy groups -OCH3 is 2. The molecule has 1 amide bonds. The highest BCUT2D eigenvalue weighted by Gasteiger charge is 2.26. The van der Waals surface area contributed by atoms with Crippen LogP contribution in [-0.4, -0.2) is 59.3 Å². The second-order valence-electron chi connectivity index (χ2n) is 6.39. The van der Waals surface area contributed by atoms with E-state index in [9.17, 15) is 13.2 Å². The van der Waals surface area contributed by atoms with Crippen molar-refractivity contribution < 1.29 is 22.7 Å². The summed E-state index contributed by atoms with van der Waals surface area (Å²) in [5.41, 5.74) is 1.35. The Bertz CT molecular complexity index is 708. The van der Waals surface area contributed by atoms with Crippen LogP contribution in [0.25, 0.3) is 0 Å². The van der Waals surface area contributed by atoms with Gasteiger partial charge in [-0.2, -0.15) is 0 Å². The van der Waals surface area contributed by atoms with E-state index in [2.05, 4.69) is 4.72 Å². The largest absolute Gasteiger partial charge is 0.496 e. The highest BCUT2D eigenvalue weighted by atomic mass is 32.2. The van der Waals surface area contributed by atoms with Gasteiger partial charge in [0.1, 0.15) is 11.5 Å². The third-order valence-corrected chi connectivity index (χ3v) is 5.13. The molecular formula is C17H26N2O5S. The molecule has 1 unspecified atom stereocenters. The number of nitrogens with one attached hydrogen (secondary N) is 1. The summed E-state index contributed by atoms with van der Waals surface area (Å²) in [6, 6.07) is 3.44. The second-order valence-corrected chi connectivity index (χ2v) is 8.22. The van der Waals surface area contributed by atoms with Gasteiger partial charge in [0.2, 0.25) is 10.0 Å². The number of carbonyl (C=O) groups is 1. The molecule has 1 aliphatic rings. The molecule has 1 aliphatic heterocycles. The molecule has 1 saturated heterocycles. The molecule has 2 rings (SSSR count). The standard InChI is InChI=1S/C17H26N2O5S/c1-12-15(23-2)8-14(9-16(12)24-3)17(20)19-7-5-6-13(11-19)10-18-25(4,21)22/h8-9,13,18H,5-7,10-11H2,1-4H3. The van der Waals surface area contributed by atoms with Gasteiger partial charge in [-0.05, 0) is 37.8 Å². The normalized spacial score (nSPS) is 18.1. The number of amides is 1. The summed E-state index contributed by atoms with van der Waals surface area (Å²) in [7, 11) is -0.104. The summed E-state index contributed by atoms with van der Waals surface area (Å²) in [4.78, 5) is 14.6. The number of likely N-dealkylation sites (tertiary alicyclic amines) is 1. The first-order valence-corrected chi connectivity index (χ1v) is 10.1. The number of nitrogens with zero attached hydrogens (tertiary/aromatic N) is 1. The van der Waals surface area contributed by atoms with E-state index in [4.69, 9.17) is 9.47 Å². The molecule has 1 atom stereocenters. The average Bonchev–Trinajstić information content (AvgIpc) is 2.59. The van der Waals surface area contributed by atoms with Crippen molar-refractivity contribution in [3.8, 4) is 11.5 Å². The SMILES string of the molecule is COc1cc(C(=O)N2CCCC(CNS(C)(=O)=O)C2)cc(OC)c1C. The number of carbonyl (C=O) groups excluding carboxylic acids is 1. The van der Waals surface area contributed by atoms with Crippen LogP contribution in [0, 0.1) is 12.8 Å².